The maximum atomic E-state index is 13.4. The van der Waals surface area contributed by atoms with E-state index in [-0.39, 0.29) is 17.4 Å². The van der Waals surface area contributed by atoms with Crippen LogP contribution in [0.4, 0.5) is 0 Å². The van der Waals surface area contributed by atoms with Crippen molar-refractivity contribution in [2.24, 2.45) is 0 Å². The number of nitrogens with zero attached hydrogens (tertiary/aromatic N) is 2. The summed E-state index contributed by atoms with van der Waals surface area (Å²) < 4.78 is 5.45. The lowest BCUT2D eigenvalue weighted by atomic mass is 9.99. The first-order chi connectivity index (χ1) is 13.1. The Balaban J connectivity index is 1.64. The van der Waals surface area contributed by atoms with Gasteiger partial charge in [-0.1, -0.05) is 6.07 Å². The number of hydrogen-bond donors (Lipinski definition) is 1. The second kappa shape index (κ2) is 7.82. The molecule has 0 unspecified atom stereocenters. The van der Waals surface area contributed by atoms with Crippen molar-refractivity contribution in [1.29, 1.82) is 0 Å². The molecule has 6 nitrogen and oxygen atoms in total. The first-order valence-electron chi connectivity index (χ1n) is 9.87. The molecule has 2 aliphatic rings. The lowest BCUT2D eigenvalue weighted by molar-refractivity contribution is 0.0166. The smallest absolute Gasteiger partial charge is 0.256 e. The summed E-state index contributed by atoms with van der Waals surface area (Å²) in [7, 11) is 0. The summed E-state index contributed by atoms with van der Waals surface area (Å²) in [4.78, 5) is 33.4. The van der Waals surface area contributed by atoms with Crippen LogP contribution in [0.2, 0.25) is 0 Å². The van der Waals surface area contributed by atoms with E-state index in [0.717, 1.165) is 64.3 Å². The summed E-state index contributed by atoms with van der Waals surface area (Å²) in [5.41, 5.74) is 1.99. The maximum Gasteiger partial charge on any atom is 0.256 e. The average Bonchev–Trinajstić information content (AvgIpc) is 2.68. The van der Waals surface area contributed by atoms with Gasteiger partial charge in [0.05, 0.1) is 24.3 Å². The van der Waals surface area contributed by atoms with Crippen molar-refractivity contribution in [2.45, 2.75) is 32.2 Å². The van der Waals surface area contributed by atoms with E-state index in [0.29, 0.717) is 16.5 Å². The highest BCUT2D eigenvalue weighted by molar-refractivity contribution is 6.05. The third-order valence-electron chi connectivity index (χ3n) is 5.69. The van der Waals surface area contributed by atoms with Crippen molar-refractivity contribution >= 4 is 16.8 Å². The molecule has 1 aromatic heterocycles. The van der Waals surface area contributed by atoms with Crippen LogP contribution in [0, 0.1) is 6.92 Å². The van der Waals surface area contributed by atoms with Gasteiger partial charge in [0.15, 0.2) is 5.43 Å². The Morgan fingerprint density at radius 1 is 1.22 bits per heavy atom. The van der Waals surface area contributed by atoms with Crippen molar-refractivity contribution in [3.63, 3.8) is 0 Å². The quantitative estimate of drug-likeness (QED) is 0.900. The van der Waals surface area contributed by atoms with Crippen LogP contribution in [-0.2, 0) is 4.74 Å². The van der Waals surface area contributed by atoms with Crippen LogP contribution in [0.1, 0.15) is 35.3 Å². The Labute approximate surface area is 159 Å². The van der Waals surface area contributed by atoms with Gasteiger partial charge in [0.25, 0.3) is 5.91 Å². The van der Waals surface area contributed by atoms with Gasteiger partial charge in [-0.25, -0.2) is 0 Å². The van der Waals surface area contributed by atoms with Crippen molar-refractivity contribution in [1.82, 2.24) is 14.8 Å². The zero-order chi connectivity index (χ0) is 18.8. The number of likely N-dealkylation sites (tertiary alicyclic amines) is 1. The molecule has 1 aromatic carbocycles. The second-order valence-electron chi connectivity index (χ2n) is 7.61. The molecule has 1 N–H and O–H groups in total. The molecule has 0 spiro atoms. The van der Waals surface area contributed by atoms with Crippen LogP contribution < -0.4 is 5.43 Å². The van der Waals surface area contributed by atoms with Gasteiger partial charge in [-0.3, -0.25) is 14.5 Å². The zero-order valence-corrected chi connectivity index (χ0v) is 15.9. The minimum atomic E-state index is -0.0422. The van der Waals surface area contributed by atoms with Crippen LogP contribution in [0.5, 0.6) is 0 Å². The van der Waals surface area contributed by atoms with E-state index >= 15 is 0 Å². The number of H-pyrrole nitrogens is 1. The molecule has 144 valence electrons. The number of piperidine rings is 1. The molecule has 2 aliphatic heterocycles. The monoisotopic (exact) mass is 369 g/mol. The van der Waals surface area contributed by atoms with E-state index in [1.165, 1.54) is 0 Å². The van der Waals surface area contributed by atoms with Gasteiger partial charge < -0.3 is 14.6 Å². The first kappa shape index (κ1) is 18.2. The third-order valence-corrected chi connectivity index (χ3v) is 5.69. The highest BCUT2D eigenvalue weighted by Gasteiger charge is 2.30. The number of carbonyl (C=O) groups is 1. The number of para-hydroxylation sites is 1. The Morgan fingerprint density at radius 2 is 2.04 bits per heavy atom. The number of rotatable bonds is 3. The Kier molecular flexibility index (Phi) is 5.27. The lowest BCUT2D eigenvalue weighted by Crippen LogP contribution is -2.51. The van der Waals surface area contributed by atoms with Crippen molar-refractivity contribution in [3.05, 3.63) is 45.7 Å². The third kappa shape index (κ3) is 3.77. The van der Waals surface area contributed by atoms with E-state index < -0.39 is 0 Å². The Bertz CT molecular complexity index is 886. The zero-order valence-electron chi connectivity index (χ0n) is 15.9. The number of aromatic amines is 1. The van der Waals surface area contributed by atoms with Gasteiger partial charge in [0.2, 0.25) is 0 Å². The molecule has 3 heterocycles. The molecular weight excluding hydrogens is 342 g/mol. The summed E-state index contributed by atoms with van der Waals surface area (Å²) in [5.74, 6) is 0.0276. The number of hydrogen-bond acceptors (Lipinski definition) is 4. The number of carbonyl (C=O) groups excluding carboxylic acids is 1. The van der Waals surface area contributed by atoms with Gasteiger partial charge in [0.1, 0.15) is 0 Å². The number of benzene rings is 1. The summed E-state index contributed by atoms with van der Waals surface area (Å²) in [6.45, 7) is 6.92. The van der Waals surface area contributed by atoms with E-state index in [2.05, 4.69) is 9.88 Å². The normalized spacial score (nSPS) is 21.5. The van der Waals surface area contributed by atoms with Crippen molar-refractivity contribution in [2.75, 3.05) is 39.4 Å². The molecular formula is C21H27N3O3. The SMILES string of the molecule is Cc1cc(=O)c2cccc(C(=O)N3CCCC[C@@H]3CN3CCOCC3)c2[nH]1. The minimum Gasteiger partial charge on any atom is -0.379 e. The number of morpholine rings is 1. The van der Waals surface area contributed by atoms with E-state index in [9.17, 15) is 9.59 Å². The lowest BCUT2D eigenvalue weighted by Gasteiger charge is -2.39. The Morgan fingerprint density at radius 3 is 2.85 bits per heavy atom. The fourth-order valence-electron chi connectivity index (χ4n) is 4.27. The number of amides is 1. The molecule has 2 aromatic rings. The predicted molar refractivity (Wildman–Crippen MR) is 105 cm³/mol. The predicted octanol–water partition coefficient (Wildman–Crippen LogP) is 2.16. The molecule has 2 saturated heterocycles. The topological polar surface area (TPSA) is 65.6 Å². The van der Waals surface area contributed by atoms with Crippen molar-refractivity contribution < 1.29 is 9.53 Å². The summed E-state index contributed by atoms with van der Waals surface area (Å²) in [6.07, 6.45) is 3.22. The molecule has 0 bridgehead atoms. The highest BCUT2D eigenvalue weighted by Crippen LogP contribution is 2.23. The molecule has 0 saturated carbocycles. The molecule has 27 heavy (non-hydrogen) atoms. The number of nitrogens with one attached hydrogen (secondary N) is 1. The van der Waals surface area contributed by atoms with E-state index in [4.69, 9.17) is 4.74 Å². The molecule has 4 rings (SSSR count). The van der Waals surface area contributed by atoms with E-state index in [1.54, 1.807) is 18.2 Å². The van der Waals surface area contributed by atoms with Crippen LogP contribution in [0.15, 0.2) is 29.1 Å². The fraction of sp³-hybridized carbons (Fsp3) is 0.524. The van der Waals surface area contributed by atoms with Gasteiger partial charge in [-0.2, -0.15) is 0 Å². The standard InChI is InChI=1S/C21H27N3O3/c1-15-13-19(25)17-6-4-7-18(20(17)22-15)21(26)24-8-3-2-5-16(24)14-23-9-11-27-12-10-23/h4,6-7,13,16H,2-3,5,8-12,14H2,1H3,(H,22,25)/t16-/m1/s1. The van der Waals surface area contributed by atoms with Crippen LogP contribution >= 0.6 is 0 Å². The number of pyridine rings is 1. The second-order valence-corrected chi connectivity index (χ2v) is 7.61. The molecule has 2 fully saturated rings. The first-order valence-corrected chi connectivity index (χ1v) is 9.87. The number of aromatic nitrogens is 1. The van der Waals surface area contributed by atoms with Crippen LogP contribution in [-0.4, -0.2) is 66.1 Å². The van der Waals surface area contributed by atoms with Crippen LogP contribution in [0.25, 0.3) is 10.9 Å². The van der Waals surface area contributed by atoms with Gasteiger partial charge in [-0.05, 0) is 38.3 Å². The van der Waals surface area contributed by atoms with Gasteiger partial charge in [-0.15, -0.1) is 0 Å². The largest absolute Gasteiger partial charge is 0.379 e. The molecule has 6 heteroatoms. The summed E-state index contributed by atoms with van der Waals surface area (Å²) in [6, 6.07) is 7.22. The number of aryl methyl sites for hydroxylation is 1. The summed E-state index contributed by atoms with van der Waals surface area (Å²) in [5, 5.41) is 0.577. The van der Waals surface area contributed by atoms with Gasteiger partial charge >= 0.3 is 0 Å². The number of ether oxygens (including phenoxy) is 1. The van der Waals surface area contributed by atoms with E-state index in [1.807, 2.05) is 17.9 Å². The fourth-order valence-corrected chi connectivity index (χ4v) is 4.27. The van der Waals surface area contributed by atoms with Crippen LogP contribution in [0.3, 0.4) is 0 Å². The summed E-state index contributed by atoms with van der Waals surface area (Å²) >= 11 is 0. The molecule has 0 radical (unpaired) electrons. The Hall–Kier alpha value is -2.18. The number of fused-ring (bicyclic) bond motifs is 1. The maximum absolute atomic E-state index is 13.4. The van der Waals surface area contributed by atoms with Gasteiger partial charge in [0, 0.05) is 49.4 Å². The minimum absolute atomic E-state index is 0.0276. The van der Waals surface area contributed by atoms with Crippen molar-refractivity contribution in [3.8, 4) is 0 Å². The molecule has 1 amide bonds. The highest BCUT2D eigenvalue weighted by atomic mass is 16.5. The average molecular weight is 369 g/mol. The molecule has 1 atom stereocenters. The molecule has 0 aliphatic carbocycles.